The fraction of sp³-hybridized carbons (Fsp3) is 0.333. The van der Waals surface area contributed by atoms with Crippen LogP contribution < -0.4 is 15.4 Å². The molecule has 6 heteroatoms. The molecule has 0 spiro atoms. The smallest absolute Gasteiger partial charge is 0.250 e. The molecule has 2 heterocycles. The summed E-state index contributed by atoms with van der Waals surface area (Å²) in [7, 11) is 0. The summed E-state index contributed by atoms with van der Waals surface area (Å²) < 4.78 is 5.70. The van der Waals surface area contributed by atoms with Gasteiger partial charge in [-0.25, -0.2) is 4.98 Å². The van der Waals surface area contributed by atoms with Gasteiger partial charge in [-0.1, -0.05) is 24.6 Å². The van der Waals surface area contributed by atoms with Gasteiger partial charge >= 0.3 is 0 Å². The lowest BCUT2D eigenvalue weighted by Crippen LogP contribution is -2.31. The first-order chi connectivity index (χ1) is 11.6. The van der Waals surface area contributed by atoms with Crippen molar-refractivity contribution >= 4 is 23.3 Å². The van der Waals surface area contributed by atoms with Crippen LogP contribution in [0.4, 0.5) is 5.82 Å². The van der Waals surface area contributed by atoms with E-state index in [0.717, 1.165) is 38.3 Å². The monoisotopic (exact) mass is 345 g/mol. The number of primary amides is 1. The Balaban J connectivity index is 1.79. The van der Waals surface area contributed by atoms with Crippen molar-refractivity contribution in [2.24, 2.45) is 5.73 Å². The lowest BCUT2D eigenvalue weighted by atomic mass is 9.99. The lowest BCUT2D eigenvalue weighted by Gasteiger charge is -2.30. The standard InChI is InChI=1S/C18H20ClN3O2/c1-2-7-24-15-4-3-13-11-22(6-5-12(13)8-15)18-16(19)9-14(10-21-18)17(20)23/h3-4,8-10H,2,5-7,11H2,1H3,(H2,20,23). The van der Waals surface area contributed by atoms with Crippen LogP contribution in [0.5, 0.6) is 5.75 Å². The minimum absolute atomic E-state index is 0.318. The second-order valence-corrected chi connectivity index (χ2v) is 6.25. The van der Waals surface area contributed by atoms with Crippen LogP contribution in [0, 0.1) is 0 Å². The maximum Gasteiger partial charge on any atom is 0.250 e. The van der Waals surface area contributed by atoms with Gasteiger partial charge in [0.15, 0.2) is 0 Å². The Morgan fingerprint density at radius 2 is 2.21 bits per heavy atom. The predicted octanol–water partition coefficient (Wildman–Crippen LogP) is 3.19. The zero-order chi connectivity index (χ0) is 17.1. The van der Waals surface area contributed by atoms with Gasteiger partial charge < -0.3 is 15.4 Å². The summed E-state index contributed by atoms with van der Waals surface area (Å²) in [5.74, 6) is 1.07. The number of rotatable bonds is 5. The molecule has 3 rings (SSSR count). The zero-order valence-electron chi connectivity index (χ0n) is 13.6. The molecule has 0 fully saturated rings. The molecule has 1 aliphatic rings. The number of carbonyl (C=O) groups excluding carboxylic acids is 1. The van der Waals surface area contributed by atoms with Crippen LogP contribution in [0.15, 0.2) is 30.5 Å². The van der Waals surface area contributed by atoms with Gasteiger partial charge in [0.1, 0.15) is 11.6 Å². The number of nitrogens with two attached hydrogens (primary N) is 1. The molecule has 0 aliphatic carbocycles. The largest absolute Gasteiger partial charge is 0.494 e. The molecule has 1 aromatic heterocycles. The summed E-state index contributed by atoms with van der Waals surface area (Å²) in [6.45, 7) is 4.37. The number of ether oxygens (including phenoxy) is 1. The third kappa shape index (κ3) is 3.46. The number of hydrogen-bond acceptors (Lipinski definition) is 4. The van der Waals surface area contributed by atoms with E-state index in [2.05, 4.69) is 28.9 Å². The molecule has 2 N–H and O–H groups in total. The van der Waals surface area contributed by atoms with Crippen molar-refractivity contribution in [1.82, 2.24) is 4.98 Å². The number of amides is 1. The first-order valence-electron chi connectivity index (χ1n) is 8.03. The van der Waals surface area contributed by atoms with Gasteiger partial charge in [0.2, 0.25) is 5.91 Å². The van der Waals surface area contributed by atoms with E-state index >= 15 is 0 Å². The first-order valence-corrected chi connectivity index (χ1v) is 8.41. The molecule has 1 amide bonds. The topological polar surface area (TPSA) is 68.4 Å². The number of nitrogens with zero attached hydrogens (tertiary/aromatic N) is 2. The fourth-order valence-corrected chi connectivity index (χ4v) is 3.10. The van der Waals surface area contributed by atoms with Crippen LogP contribution in [0.1, 0.15) is 34.8 Å². The molecule has 5 nitrogen and oxygen atoms in total. The lowest BCUT2D eigenvalue weighted by molar-refractivity contribution is 0.1000. The Hall–Kier alpha value is -2.27. The minimum Gasteiger partial charge on any atom is -0.494 e. The Labute approximate surface area is 146 Å². The van der Waals surface area contributed by atoms with Crippen molar-refractivity contribution in [3.8, 4) is 5.75 Å². The number of benzene rings is 1. The highest BCUT2D eigenvalue weighted by Gasteiger charge is 2.20. The number of hydrogen-bond donors (Lipinski definition) is 1. The molecular weight excluding hydrogens is 326 g/mol. The van der Waals surface area contributed by atoms with Crippen molar-refractivity contribution in [1.29, 1.82) is 0 Å². The van der Waals surface area contributed by atoms with E-state index in [1.807, 2.05) is 6.07 Å². The molecule has 2 aromatic rings. The normalized spacial score (nSPS) is 13.5. The molecule has 0 saturated heterocycles. The van der Waals surface area contributed by atoms with Gasteiger partial charge in [0.05, 0.1) is 17.2 Å². The van der Waals surface area contributed by atoms with E-state index in [0.29, 0.717) is 16.4 Å². The van der Waals surface area contributed by atoms with E-state index in [-0.39, 0.29) is 0 Å². The summed E-state index contributed by atoms with van der Waals surface area (Å²) in [5.41, 5.74) is 8.11. The summed E-state index contributed by atoms with van der Waals surface area (Å²) in [5, 5.41) is 0.442. The van der Waals surface area contributed by atoms with Crippen molar-refractivity contribution < 1.29 is 9.53 Å². The quantitative estimate of drug-likeness (QED) is 0.903. The van der Waals surface area contributed by atoms with Gasteiger partial charge in [-0.3, -0.25) is 4.79 Å². The molecule has 0 radical (unpaired) electrons. The third-order valence-electron chi connectivity index (χ3n) is 4.07. The molecule has 1 aromatic carbocycles. The van der Waals surface area contributed by atoms with Crippen LogP contribution in [-0.2, 0) is 13.0 Å². The average molecular weight is 346 g/mol. The molecule has 24 heavy (non-hydrogen) atoms. The van der Waals surface area contributed by atoms with Crippen LogP contribution in [-0.4, -0.2) is 24.0 Å². The average Bonchev–Trinajstić information content (AvgIpc) is 2.59. The number of fused-ring (bicyclic) bond motifs is 1. The van der Waals surface area contributed by atoms with Crippen molar-refractivity contribution in [3.63, 3.8) is 0 Å². The number of carbonyl (C=O) groups is 1. The van der Waals surface area contributed by atoms with E-state index in [1.165, 1.54) is 17.3 Å². The number of aromatic nitrogens is 1. The van der Waals surface area contributed by atoms with Crippen LogP contribution in [0.3, 0.4) is 0 Å². The molecular formula is C18H20ClN3O2. The highest BCUT2D eigenvalue weighted by molar-refractivity contribution is 6.33. The fourth-order valence-electron chi connectivity index (χ4n) is 2.82. The second kappa shape index (κ2) is 7.09. The molecule has 1 aliphatic heterocycles. The molecule has 126 valence electrons. The van der Waals surface area contributed by atoms with E-state index in [9.17, 15) is 4.79 Å². The Morgan fingerprint density at radius 1 is 1.38 bits per heavy atom. The number of halogens is 1. The summed E-state index contributed by atoms with van der Waals surface area (Å²) in [6.07, 6.45) is 3.37. The van der Waals surface area contributed by atoms with Crippen LogP contribution in [0.2, 0.25) is 5.02 Å². The minimum atomic E-state index is -0.528. The number of pyridine rings is 1. The molecule has 0 atom stereocenters. The SMILES string of the molecule is CCCOc1ccc2c(c1)CCN(c1ncc(C(N)=O)cc1Cl)C2. The van der Waals surface area contributed by atoms with Gasteiger partial charge in [-0.15, -0.1) is 0 Å². The van der Waals surface area contributed by atoms with Crippen molar-refractivity contribution in [3.05, 3.63) is 52.2 Å². The van der Waals surface area contributed by atoms with E-state index in [4.69, 9.17) is 22.1 Å². The second-order valence-electron chi connectivity index (χ2n) is 5.84. The maximum atomic E-state index is 11.2. The van der Waals surface area contributed by atoms with Gasteiger partial charge in [-0.05, 0) is 42.2 Å². The molecule has 0 unspecified atom stereocenters. The van der Waals surface area contributed by atoms with Gasteiger partial charge in [0.25, 0.3) is 0 Å². The highest BCUT2D eigenvalue weighted by atomic mass is 35.5. The molecule has 0 bridgehead atoms. The number of anilines is 1. The zero-order valence-corrected chi connectivity index (χ0v) is 14.3. The Bertz CT molecular complexity index is 764. The van der Waals surface area contributed by atoms with Crippen molar-refractivity contribution in [2.45, 2.75) is 26.3 Å². The van der Waals surface area contributed by atoms with Crippen LogP contribution >= 0.6 is 11.6 Å². The molecule has 0 saturated carbocycles. The Kier molecular flexibility index (Phi) is 4.90. The van der Waals surface area contributed by atoms with E-state index < -0.39 is 5.91 Å². The van der Waals surface area contributed by atoms with Gasteiger partial charge in [0, 0.05) is 19.3 Å². The predicted molar refractivity (Wildman–Crippen MR) is 94.7 cm³/mol. The summed E-state index contributed by atoms with van der Waals surface area (Å²) >= 11 is 6.28. The van der Waals surface area contributed by atoms with Crippen LogP contribution in [0.25, 0.3) is 0 Å². The summed E-state index contributed by atoms with van der Waals surface area (Å²) in [4.78, 5) is 17.6. The summed E-state index contributed by atoms with van der Waals surface area (Å²) in [6, 6.07) is 7.79. The van der Waals surface area contributed by atoms with Gasteiger partial charge in [-0.2, -0.15) is 0 Å². The first kappa shape index (κ1) is 16.6. The Morgan fingerprint density at radius 3 is 2.92 bits per heavy atom. The maximum absolute atomic E-state index is 11.2. The third-order valence-corrected chi connectivity index (χ3v) is 4.35. The van der Waals surface area contributed by atoms with E-state index in [1.54, 1.807) is 6.07 Å². The highest BCUT2D eigenvalue weighted by Crippen LogP contribution is 2.30. The van der Waals surface area contributed by atoms with Crippen molar-refractivity contribution in [2.75, 3.05) is 18.1 Å².